The van der Waals surface area contributed by atoms with Crippen molar-refractivity contribution in [1.82, 2.24) is 4.98 Å². The van der Waals surface area contributed by atoms with Crippen LogP contribution in [0.25, 0.3) is 0 Å². The highest BCUT2D eigenvalue weighted by molar-refractivity contribution is 7.14. The predicted molar refractivity (Wildman–Crippen MR) is 63.1 cm³/mol. The quantitative estimate of drug-likeness (QED) is 0.859. The van der Waals surface area contributed by atoms with Crippen molar-refractivity contribution in [2.24, 2.45) is 0 Å². The number of hydrogen-bond donors (Lipinski definition) is 1. The first-order chi connectivity index (χ1) is 7.69. The van der Waals surface area contributed by atoms with E-state index >= 15 is 0 Å². The Bertz CT molecular complexity index is 506. The van der Waals surface area contributed by atoms with E-state index in [0.717, 1.165) is 5.69 Å². The third-order valence-corrected chi connectivity index (χ3v) is 2.98. The van der Waals surface area contributed by atoms with Gasteiger partial charge < -0.3 is 4.42 Å². The number of carbonyl (C=O) groups excluding carboxylic acids is 1. The number of aryl methyl sites for hydroxylation is 1. The van der Waals surface area contributed by atoms with Crippen LogP contribution in [0.3, 0.4) is 0 Å². The van der Waals surface area contributed by atoms with E-state index in [-0.39, 0.29) is 5.91 Å². The summed E-state index contributed by atoms with van der Waals surface area (Å²) in [5.74, 6) is 0.815. The SMILES string of the molecule is Cc1cc(C(=O)Nc2nc(CCl)cs2)co1. The maximum Gasteiger partial charge on any atom is 0.260 e. The lowest BCUT2D eigenvalue weighted by atomic mass is 10.3. The second-order valence-electron chi connectivity index (χ2n) is 3.18. The van der Waals surface area contributed by atoms with Crippen molar-refractivity contribution in [2.45, 2.75) is 12.8 Å². The van der Waals surface area contributed by atoms with Crippen molar-refractivity contribution in [3.63, 3.8) is 0 Å². The fourth-order valence-corrected chi connectivity index (χ4v) is 2.09. The lowest BCUT2D eigenvalue weighted by molar-refractivity contribution is 0.102. The number of halogens is 1. The summed E-state index contributed by atoms with van der Waals surface area (Å²) in [4.78, 5) is 15.8. The summed E-state index contributed by atoms with van der Waals surface area (Å²) >= 11 is 6.96. The highest BCUT2D eigenvalue weighted by Gasteiger charge is 2.10. The largest absolute Gasteiger partial charge is 0.469 e. The molecule has 1 N–H and O–H groups in total. The fraction of sp³-hybridized carbons (Fsp3) is 0.200. The summed E-state index contributed by atoms with van der Waals surface area (Å²) in [6.07, 6.45) is 1.42. The van der Waals surface area contributed by atoms with Gasteiger partial charge in [0.25, 0.3) is 5.91 Å². The van der Waals surface area contributed by atoms with Gasteiger partial charge in [-0.25, -0.2) is 4.98 Å². The molecule has 0 spiro atoms. The zero-order valence-corrected chi connectivity index (χ0v) is 10.1. The average Bonchev–Trinajstić information content (AvgIpc) is 2.87. The van der Waals surface area contributed by atoms with Crippen molar-refractivity contribution in [2.75, 3.05) is 5.32 Å². The molecule has 0 unspecified atom stereocenters. The first kappa shape index (κ1) is 11.2. The van der Waals surface area contributed by atoms with E-state index in [4.69, 9.17) is 16.0 Å². The Balaban J connectivity index is 2.07. The molecule has 0 aliphatic carbocycles. The van der Waals surface area contributed by atoms with E-state index in [9.17, 15) is 4.79 Å². The van der Waals surface area contributed by atoms with Gasteiger partial charge in [-0.3, -0.25) is 10.1 Å². The second kappa shape index (κ2) is 4.67. The van der Waals surface area contributed by atoms with E-state index in [1.165, 1.54) is 17.6 Å². The van der Waals surface area contributed by atoms with Crippen LogP contribution < -0.4 is 5.32 Å². The highest BCUT2D eigenvalue weighted by atomic mass is 35.5. The lowest BCUT2D eigenvalue weighted by Crippen LogP contribution is -2.10. The van der Waals surface area contributed by atoms with Crippen LogP contribution in [0, 0.1) is 6.92 Å². The number of anilines is 1. The molecule has 84 valence electrons. The molecule has 2 aromatic rings. The topological polar surface area (TPSA) is 55.1 Å². The predicted octanol–water partition coefficient (Wildman–Crippen LogP) is 3.04. The van der Waals surface area contributed by atoms with Crippen LogP contribution in [0.1, 0.15) is 21.8 Å². The van der Waals surface area contributed by atoms with Crippen molar-refractivity contribution in [3.05, 3.63) is 34.7 Å². The normalized spacial score (nSPS) is 10.4. The van der Waals surface area contributed by atoms with Crippen LogP contribution in [0.15, 0.2) is 22.1 Å². The molecule has 0 aliphatic rings. The summed E-state index contributed by atoms with van der Waals surface area (Å²) in [5.41, 5.74) is 1.24. The van der Waals surface area contributed by atoms with Crippen LogP contribution in [0.5, 0.6) is 0 Å². The highest BCUT2D eigenvalue weighted by Crippen LogP contribution is 2.18. The van der Waals surface area contributed by atoms with Gasteiger partial charge in [0.05, 0.1) is 17.1 Å². The van der Waals surface area contributed by atoms with Gasteiger partial charge in [0, 0.05) is 5.38 Å². The fourth-order valence-electron chi connectivity index (χ4n) is 1.16. The Morgan fingerprint density at radius 3 is 3.06 bits per heavy atom. The molecule has 2 rings (SSSR count). The van der Waals surface area contributed by atoms with Crippen LogP contribution in [-0.4, -0.2) is 10.9 Å². The molecular weight excluding hydrogens is 248 g/mol. The number of furan rings is 1. The van der Waals surface area contributed by atoms with Gasteiger partial charge in [0.1, 0.15) is 12.0 Å². The van der Waals surface area contributed by atoms with Gasteiger partial charge in [0.15, 0.2) is 5.13 Å². The van der Waals surface area contributed by atoms with Crippen molar-refractivity contribution in [3.8, 4) is 0 Å². The van der Waals surface area contributed by atoms with E-state index in [1.807, 2.05) is 5.38 Å². The third-order valence-electron chi connectivity index (χ3n) is 1.90. The van der Waals surface area contributed by atoms with Gasteiger partial charge >= 0.3 is 0 Å². The lowest BCUT2D eigenvalue weighted by Gasteiger charge is -1.96. The molecule has 6 heteroatoms. The minimum Gasteiger partial charge on any atom is -0.469 e. The standard InChI is InChI=1S/C10H9ClN2O2S/c1-6-2-7(4-15-6)9(14)13-10-12-8(3-11)5-16-10/h2,4-5H,3H2,1H3,(H,12,13,14). The molecule has 0 radical (unpaired) electrons. The molecule has 0 saturated carbocycles. The summed E-state index contributed by atoms with van der Waals surface area (Å²) < 4.78 is 5.05. The van der Waals surface area contributed by atoms with E-state index in [0.29, 0.717) is 22.3 Å². The van der Waals surface area contributed by atoms with Crippen LogP contribution >= 0.6 is 22.9 Å². The Hall–Kier alpha value is -1.33. The summed E-state index contributed by atoms with van der Waals surface area (Å²) in [5, 5.41) is 5.03. The molecule has 2 aromatic heterocycles. The van der Waals surface area contributed by atoms with Crippen LogP contribution in [-0.2, 0) is 5.88 Å². The second-order valence-corrected chi connectivity index (χ2v) is 4.30. The van der Waals surface area contributed by atoms with Gasteiger partial charge in [0.2, 0.25) is 0 Å². The Kier molecular flexibility index (Phi) is 3.26. The number of rotatable bonds is 3. The van der Waals surface area contributed by atoms with E-state index in [1.54, 1.807) is 13.0 Å². The number of carbonyl (C=O) groups is 1. The number of nitrogens with one attached hydrogen (secondary N) is 1. The molecule has 0 aliphatic heterocycles. The zero-order valence-electron chi connectivity index (χ0n) is 8.49. The Morgan fingerprint density at radius 1 is 1.69 bits per heavy atom. The molecule has 1 amide bonds. The molecular formula is C10H9ClN2O2S. The molecule has 0 aromatic carbocycles. The molecule has 4 nitrogen and oxygen atoms in total. The molecule has 0 fully saturated rings. The van der Waals surface area contributed by atoms with Gasteiger partial charge in [-0.15, -0.1) is 22.9 Å². The number of amides is 1. The first-order valence-corrected chi connectivity index (χ1v) is 5.97. The maximum absolute atomic E-state index is 11.7. The summed E-state index contributed by atoms with van der Waals surface area (Å²) in [6.45, 7) is 1.78. The maximum atomic E-state index is 11.7. The van der Waals surface area contributed by atoms with Crippen LogP contribution in [0.2, 0.25) is 0 Å². The minimum atomic E-state index is -0.229. The Morgan fingerprint density at radius 2 is 2.50 bits per heavy atom. The number of thiazole rings is 1. The molecule has 16 heavy (non-hydrogen) atoms. The monoisotopic (exact) mass is 256 g/mol. The Labute approximate surface area is 101 Å². The molecule has 2 heterocycles. The van der Waals surface area contributed by atoms with Crippen molar-refractivity contribution < 1.29 is 9.21 Å². The van der Waals surface area contributed by atoms with Gasteiger partial charge in [-0.05, 0) is 13.0 Å². The van der Waals surface area contributed by atoms with Crippen molar-refractivity contribution in [1.29, 1.82) is 0 Å². The number of aromatic nitrogens is 1. The number of nitrogens with zero attached hydrogens (tertiary/aromatic N) is 1. The van der Waals surface area contributed by atoms with Gasteiger partial charge in [-0.1, -0.05) is 0 Å². The average molecular weight is 257 g/mol. The van der Waals surface area contributed by atoms with E-state index < -0.39 is 0 Å². The van der Waals surface area contributed by atoms with E-state index in [2.05, 4.69) is 10.3 Å². The first-order valence-electron chi connectivity index (χ1n) is 4.56. The minimum absolute atomic E-state index is 0.229. The summed E-state index contributed by atoms with van der Waals surface area (Å²) in [6, 6.07) is 1.67. The van der Waals surface area contributed by atoms with Crippen molar-refractivity contribution >= 4 is 34.0 Å². The van der Waals surface area contributed by atoms with Gasteiger partial charge in [-0.2, -0.15) is 0 Å². The molecule has 0 saturated heterocycles. The molecule has 0 atom stereocenters. The third kappa shape index (κ3) is 2.43. The number of alkyl halides is 1. The number of hydrogen-bond acceptors (Lipinski definition) is 4. The zero-order chi connectivity index (χ0) is 11.5. The van der Waals surface area contributed by atoms with Crippen LogP contribution in [0.4, 0.5) is 5.13 Å². The summed E-state index contributed by atoms with van der Waals surface area (Å²) in [7, 11) is 0. The smallest absolute Gasteiger partial charge is 0.260 e. The molecule has 0 bridgehead atoms.